The number of para-hydroxylation sites is 1. The Morgan fingerprint density at radius 2 is 1.86 bits per heavy atom. The molecular formula is C31H33ClN2O3. The number of carboxylic acids is 1. The number of likely N-dealkylation sites (tertiary alicyclic amines) is 1. The number of hydrogen-bond donors (Lipinski definition) is 2. The van der Waals surface area contributed by atoms with Crippen LogP contribution in [-0.2, 0) is 6.42 Å². The topological polar surface area (TPSA) is 73.1 Å². The summed E-state index contributed by atoms with van der Waals surface area (Å²) in [6.45, 7) is 6.57. The van der Waals surface area contributed by atoms with Gasteiger partial charge in [-0.25, -0.2) is 4.79 Å². The molecule has 2 aliphatic heterocycles. The van der Waals surface area contributed by atoms with E-state index < -0.39 is 5.97 Å². The minimum Gasteiger partial charge on any atom is -0.507 e. The van der Waals surface area contributed by atoms with Gasteiger partial charge in [0.2, 0.25) is 0 Å². The molecule has 0 saturated carbocycles. The summed E-state index contributed by atoms with van der Waals surface area (Å²) in [5.41, 5.74) is 7.55. The number of phenols is 1. The summed E-state index contributed by atoms with van der Waals surface area (Å²) in [6, 6.07) is 17.3. The second-order valence-electron chi connectivity index (χ2n) is 10.5. The second kappa shape index (κ2) is 10.2. The van der Waals surface area contributed by atoms with Gasteiger partial charge >= 0.3 is 5.97 Å². The summed E-state index contributed by atoms with van der Waals surface area (Å²) in [5, 5.41) is 18.2. The highest BCUT2D eigenvalue weighted by molar-refractivity contribution is 6.30. The van der Waals surface area contributed by atoms with E-state index in [-0.39, 0.29) is 16.7 Å². The predicted molar refractivity (Wildman–Crippen MR) is 148 cm³/mol. The molecule has 0 radical (unpaired) electrons. The maximum Gasteiger partial charge on any atom is 0.339 e. The zero-order valence-electron chi connectivity index (χ0n) is 21.3. The lowest BCUT2D eigenvalue weighted by Crippen LogP contribution is -2.46. The van der Waals surface area contributed by atoms with Crippen molar-refractivity contribution < 1.29 is 15.0 Å². The van der Waals surface area contributed by atoms with E-state index in [1.54, 1.807) is 29.0 Å². The highest BCUT2D eigenvalue weighted by atomic mass is 35.5. The van der Waals surface area contributed by atoms with E-state index in [9.17, 15) is 4.79 Å². The number of nitrogens with zero attached hydrogens (tertiary/aromatic N) is 2. The zero-order valence-corrected chi connectivity index (χ0v) is 22.1. The van der Waals surface area contributed by atoms with Gasteiger partial charge in [-0.2, -0.15) is 0 Å². The summed E-state index contributed by atoms with van der Waals surface area (Å²) >= 11 is 6.50. The molecule has 2 aromatic carbocycles. The van der Waals surface area contributed by atoms with E-state index in [2.05, 4.69) is 61.4 Å². The Labute approximate surface area is 223 Å². The van der Waals surface area contributed by atoms with Gasteiger partial charge in [0.15, 0.2) is 0 Å². The average Bonchev–Trinajstić information content (AvgIpc) is 3.23. The molecule has 3 unspecified atom stereocenters. The van der Waals surface area contributed by atoms with Gasteiger partial charge in [-0.1, -0.05) is 73.5 Å². The Kier molecular flexibility index (Phi) is 7.00. The first-order valence-electron chi connectivity index (χ1n) is 12.9. The van der Waals surface area contributed by atoms with Crippen LogP contribution in [0.1, 0.15) is 49.0 Å². The normalized spacial score (nSPS) is 25.7. The van der Waals surface area contributed by atoms with Gasteiger partial charge in [0.25, 0.3) is 0 Å². The molecule has 0 amide bonds. The molecule has 192 valence electrons. The molecule has 2 heterocycles. The number of aromatic carboxylic acids is 1. The van der Waals surface area contributed by atoms with Crippen LogP contribution >= 0.6 is 11.6 Å². The largest absolute Gasteiger partial charge is 0.507 e. The molecule has 6 rings (SSSR count). The van der Waals surface area contributed by atoms with E-state index in [1.807, 2.05) is 0 Å². The predicted octanol–water partition coefficient (Wildman–Crippen LogP) is 6.60. The minimum absolute atomic E-state index is 0.0345. The smallest absolute Gasteiger partial charge is 0.339 e. The van der Waals surface area contributed by atoms with Gasteiger partial charge in [-0.3, -0.25) is 4.99 Å². The Morgan fingerprint density at radius 3 is 2.57 bits per heavy atom. The fourth-order valence-corrected chi connectivity index (χ4v) is 6.53. The van der Waals surface area contributed by atoms with Crippen LogP contribution in [0.15, 0.2) is 93.1 Å². The van der Waals surface area contributed by atoms with E-state index in [0.717, 1.165) is 30.8 Å². The summed E-state index contributed by atoms with van der Waals surface area (Å²) in [5.74, 6) is -0.768. The third kappa shape index (κ3) is 4.73. The quantitative estimate of drug-likeness (QED) is 0.480. The van der Waals surface area contributed by atoms with Crippen LogP contribution in [0, 0.1) is 11.3 Å². The third-order valence-electron chi connectivity index (χ3n) is 8.47. The minimum atomic E-state index is -1.11. The molecule has 4 aliphatic rings. The van der Waals surface area contributed by atoms with Crippen LogP contribution < -0.4 is 0 Å². The lowest BCUT2D eigenvalue weighted by molar-refractivity contribution is 0.0693. The van der Waals surface area contributed by atoms with Crippen LogP contribution in [0.4, 0.5) is 0 Å². The number of aromatic hydroxyl groups is 1. The number of carbonyl (C=O) groups is 1. The Hall–Kier alpha value is -3.31. The van der Waals surface area contributed by atoms with Crippen molar-refractivity contribution in [3.05, 3.63) is 99.2 Å². The van der Waals surface area contributed by atoms with E-state index >= 15 is 0 Å². The summed E-state index contributed by atoms with van der Waals surface area (Å²) in [4.78, 5) is 17.7. The number of halogens is 1. The highest BCUT2D eigenvalue weighted by Crippen LogP contribution is 2.56. The number of carboxylic acid groups (broad SMARTS) is 1. The summed E-state index contributed by atoms with van der Waals surface area (Å²) in [7, 11) is 0. The van der Waals surface area contributed by atoms with E-state index in [1.165, 1.54) is 29.7 Å². The maximum atomic E-state index is 10.3. The average molecular weight is 517 g/mol. The number of hydrogen-bond acceptors (Lipinski definition) is 4. The number of allylic oxidation sites excluding steroid dienone is 4. The van der Waals surface area contributed by atoms with Gasteiger partial charge in [-0.15, -0.1) is 0 Å². The first-order chi connectivity index (χ1) is 17.8. The van der Waals surface area contributed by atoms with Crippen LogP contribution in [-0.4, -0.2) is 46.4 Å². The summed E-state index contributed by atoms with van der Waals surface area (Å²) < 4.78 is 0. The number of rotatable bonds is 4. The van der Waals surface area contributed by atoms with Gasteiger partial charge in [-0.05, 0) is 66.5 Å². The van der Waals surface area contributed by atoms with Gasteiger partial charge in [0.1, 0.15) is 11.3 Å². The summed E-state index contributed by atoms with van der Waals surface area (Å²) in [6.07, 6.45) is 9.03. The molecule has 2 N–H and O–H groups in total. The van der Waals surface area contributed by atoms with Crippen molar-refractivity contribution in [3.8, 4) is 5.75 Å². The van der Waals surface area contributed by atoms with Crippen LogP contribution in [0.2, 0.25) is 0 Å². The molecule has 0 spiro atoms. The number of fused-ring (bicyclic) bond motifs is 1. The third-order valence-corrected chi connectivity index (χ3v) is 8.69. The fourth-order valence-electron chi connectivity index (χ4n) is 6.36. The van der Waals surface area contributed by atoms with Crippen molar-refractivity contribution in [2.24, 2.45) is 16.3 Å². The number of aliphatic imine (C=N–C) groups is 1. The van der Waals surface area contributed by atoms with Crippen molar-refractivity contribution in [2.45, 2.75) is 45.6 Å². The molecular weight excluding hydrogens is 484 g/mol. The van der Waals surface area contributed by atoms with Crippen LogP contribution in [0.5, 0.6) is 5.75 Å². The maximum absolute atomic E-state index is 10.3. The molecule has 0 aromatic heterocycles. The molecule has 3 atom stereocenters. The van der Waals surface area contributed by atoms with Crippen molar-refractivity contribution in [1.29, 1.82) is 0 Å². The van der Waals surface area contributed by atoms with E-state index in [4.69, 9.17) is 26.8 Å². The SMILES string of the molecule is CC1C2CC3=C(CCC4=C3C=C(Cl)CN=CC41C)N2CCc1ccccc1.O=C(O)c1ccccc1O. The Bertz CT molecular complexity index is 1330. The highest BCUT2D eigenvalue weighted by Gasteiger charge is 2.50. The van der Waals surface area contributed by atoms with E-state index in [0.29, 0.717) is 18.5 Å². The standard InChI is InChI=1S/C24H27ClN2.C7H6O3/c1-16-23-13-20-19-12-18(25)14-26-15-24(16,2)21(19)8-9-22(20)27(23)11-10-17-6-4-3-5-7-17;8-6-4-2-1-3-5(6)7(9)10/h3-7,12,15-16,23H,8-11,13-14H2,1-2H3;1-4,8H,(H,9,10). The molecule has 6 heteroatoms. The lowest BCUT2D eigenvalue weighted by atomic mass is 9.66. The second-order valence-corrected chi connectivity index (χ2v) is 11.0. The number of benzene rings is 2. The molecule has 5 nitrogen and oxygen atoms in total. The van der Waals surface area contributed by atoms with Gasteiger partial charge < -0.3 is 15.1 Å². The lowest BCUT2D eigenvalue weighted by Gasteiger charge is -2.46. The van der Waals surface area contributed by atoms with Gasteiger partial charge in [0, 0.05) is 34.9 Å². The van der Waals surface area contributed by atoms with Crippen LogP contribution in [0.25, 0.3) is 0 Å². The Morgan fingerprint density at radius 1 is 1.14 bits per heavy atom. The monoisotopic (exact) mass is 516 g/mol. The first kappa shape index (κ1) is 25.3. The van der Waals surface area contributed by atoms with Crippen molar-refractivity contribution in [1.82, 2.24) is 4.90 Å². The van der Waals surface area contributed by atoms with Crippen molar-refractivity contribution in [2.75, 3.05) is 13.1 Å². The Balaban J connectivity index is 0.000000237. The van der Waals surface area contributed by atoms with Crippen molar-refractivity contribution >= 4 is 23.8 Å². The van der Waals surface area contributed by atoms with Crippen molar-refractivity contribution in [3.63, 3.8) is 0 Å². The zero-order chi connectivity index (χ0) is 26.2. The molecule has 2 aliphatic carbocycles. The molecule has 5 bridgehead atoms. The molecule has 0 fully saturated rings. The molecule has 0 saturated heterocycles. The molecule has 37 heavy (non-hydrogen) atoms. The molecule has 2 aromatic rings. The van der Waals surface area contributed by atoms with Crippen LogP contribution in [0.3, 0.4) is 0 Å². The van der Waals surface area contributed by atoms with Gasteiger partial charge in [0.05, 0.1) is 6.54 Å². The fraction of sp³-hybridized carbons (Fsp3) is 0.355. The first-order valence-corrected chi connectivity index (χ1v) is 13.3.